The summed E-state index contributed by atoms with van der Waals surface area (Å²) in [5.74, 6) is -0.356. The van der Waals surface area contributed by atoms with E-state index in [0.29, 0.717) is 31.7 Å². The lowest BCUT2D eigenvalue weighted by Crippen LogP contribution is -2.41. The highest BCUT2D eigenvalue weighted by molar-refractivity contribution is 5.94. The van der Waals surface area contributed by atoms with Crippen molar-refractivity contribution in [3.05, 3.63) is 35.4 Å². The van der Waals surface area contributed by atoms with E-state index in [1.54, 1.807) is 19.1 Å². The molecule has 2 N–H and O–H groups in total. The fourth-order valence-corrected chi connectivity index (χ4v) is 1.87. The lowest BCUT2D eigenvalue weighted by atomic mass is 10.1. The van der Waals surface area contributed by atoms with Crippen LogP contribution in [-0.2, 0) is 9.53 Å². The summed E-state index contributed by atoms with van der Waals surface area (Å²) in [6.45, 7) is 7.04. The Labute approximate surface area is 126 Å². The molecule has 116 valence electrons. The first kappa shape index (κ1) is 17.2. The summed E-state index contributed by atoms with van der Waals surface area (Å²) in [7, 11) is 0. The maximum absolute atomic E-state index is 11.9. The highest BCUT2D eigenvalue weighted by atomic mass is 16.5. The molecule has 1 unspecified atom stereocenters. The van der Waals surface area contributed by atoms with E-state index >= 15 is 0 Å². The minimum Gasteiger partial charge on any atom is -0.465 e. The minimum atomic E-state index is -0.318. The third kappa shape index (κ3) is 5.95. The van der Waals surface area contributed by atoms with Gasteiger partial charge in [0.25, 0.3) is 5.91 Å². The van der Waals surface area contributed by atoms with E-state index in [4.69, 9.17) is 4.74 Å². The molecule has 0 aliphatic heterocycles. The van der Waals surface area contributed by atoms with Crippen LogP contribution in [0.2, 0.25) is 0 Å². The van der Waals surface area contributed by atoms with Crippen LogP contribution in [0.25, 0.3) is 0 Å². The van der Waals surface area contributed by atoms with Gasteiger partial charge in [-0.1, -0.05) is 24.6 Å². The maximum atomic E-state index is 11.9. The van der Waals surface area contributed by atoms with Gasteiger partial charge in [0.2, 0.25) is 0 Å². The van der Waals surface area contributed by atoms with Crippen LogP contribution in [0, 0.1) is 6.92 Å². The van der Waals surface area contributed by atoms with Crippen molar-refractivity contribution in [1.82, 2.24) is 10.6 Å². The Kier molecular flexibility index (Phi) is 7.46. The van der Waals surface area contributed by atoms with Crippen molar-refractivity contribution in [2.24, 2.45) is 0 Å². The molecule has 0 spiro atoms. The Morgan fingerprint density at radius 2 is 1.81 bits per heavy atom. The number of carbonyl (C=O) groups is 2. The normalized spacial score (nSPS) is 11.8. The second-order valence-electron chi connectivity index (χ2n) is 4.79. The SMILES string of the molecule is CCOC(=O)C(CC)NCCNC(=O)c1ccc(C)cc1. The van der Waals surface area contributed by atoms with Crippen LogP contribution < -0.4 is 10.6 Å². The van der Waals surface area contributed by atoms with Crippen LogP contribution in [-0.4, -0.2) is 37.6 Å². The second kappa shape index (κ2) is 9.13. The largest absolute Gasteiger partial charge is 0.465 e. The van der Waals surface area contributed by atoms with Gasteiger partial charge >= 0.3 is 5.97 Å². The third-order valence-electron chi connectivity index (χ3n) is 3.09. The molecule has 5 nitrogen and oxygen atoms in total. The van der Waals surface area contributed by atoms with Crippen LogP contribution in [0.3, 0.4) is 0 Å². The van der Waals surface area contributed by atoms with Crippen molar-refractivity contribution >= 4 is 11.9 Å². The molecule has 5 heteroatoms. The quantitative estimate of drug-likeness (QED) is 0.565. The molecule has 0 saturated heterocycles. The fraction of sp³-hybridized carbons (Fsp3) is 0.500. The standard InChI is InChI=1S/C16H24N2O3/c1-4-14(16(20)21-5-2)17-10-11-18-15(19)13-8-6-12(3)7-9-13/h6-9,14,17H,4-5,10-11H2,1-3H3,(H,18,19). The molecule has 1 amide bonds. The lowest BCUT2D eigenvalue weighted by molar-refractivity contribution is -0.145. The maximum Gasteiger partial charge on any atom is 0.323 e. The molecular formula is C16H24N2O3. The van der Waals surface area contributed by atoms with Crippen molar-refractivity contribution in [3.8, 4) is 0 Å². The molecular weight excluding hydrogens is 268 g/mol. The Balaban J connectivity index is 2.31. The van der Waals surface area contributed by atoms with E-state index in [0.717, 1.165) is 5.56 Å². The van der Waals surface area contributed by atoms with E-state index < -0.39 is 0 Å². The van der Waals surface area contributed by atoms with Gasteiger partial charge in [-0.2, -0.15) is 0 Å². The van der Waals surface area contributed by atoms with Gasteiger partial charge in [-0.05, 0) is 32.4 Å². The molecule has 1 aromatic carbocycles. The minimum absolute atomic E-state index is 0.110. The summed E-state index contributed by atoms with van der Waals surface area (Å²) in [6.07, 6.45) is 0.657. The van der Waals surface area contributed by atoms with E-state index in [2.05, 4.69) is 10.6 Å². The van der Waals surface area contributed by atoms with Crippen LogP contribution in [0.5, 0.6) is 0 Å². The highest BCUT2D eigenvalue weighted by Crippen LogP contribution is 2.02. The number of ether oxygens (including phenoxy) is 1. The predicted molar refractivity (Wildman–Crippen MR) is 82.2 cm³/mol. The van der Waals surface area contributed by atoms with Crippen LogP contribution in [0.15, 0.2) is 24.3 Å². The lowest BCUT2D eigenvalue weighted by Gasteiger charge is -2.15. The van der Waals surface area contributed by atoms with Gasteiger partial charge in [0.05, 0.1) is 6.61 Å². The molecule has 0 fully saturated rings. The number of esters is 1. The first-order valence-corrected chi connectivity index (χ1v) is 7.33. The van der Waals surface area contributed by atoms with Gasteiger partial charge in [-0.15, -0.1) is 0 Å². The Bertz CT molecular complexity index is 457. The molecule has 1 rings (SSSR count). The van der Waals surface area contributed by atoms with E-state index in [9.17, 15) is 9.59 Å². The number of hydrogen-bond acceptors (Lipinski definition) is 4. The molecule has 0 aliphatic rings. The number of benzene rings is 1. The summed E-state index contributed by atoms with van der Waals surface area (Å²) in [5, 5.41) is 5.90. The van der Waals surface area contributed by atoms with Crippen molar-refractivity contribution < 1.29 is 14.3 Å². The monoisotopic (exact) mass is 292 g/mol. The van der Waals surface area contributed by atoms with Crippen molar-refractivity contribution in [2.75, 3.05) is 19.7 Å². The smallest absolute Gasteiger partial charge is 0.323 e. The van der Waals surface area contributed by atoms with Crippen LogP contribution in [0.4, 0.5) is 0 Å². The van der Waals surface area contributed by atoms with E-state index in [1.807, 2.05) is 26.0 Å². The summed E-state index contributed by atoms with van der Waals surface area (Å²) < 4.78 is 4.96. The molecule has 21 heavy (non-hydrogen) atoms. The Morgan fingerprint density at radius 1 is 1.14 bits per heavy atom. The topological polar surface area (TPSA) is 67.4 Å². The second-order valence-corrected chi connectivity index (χ2v) is 4.79. The van der Waals surface area contributed by atoms with Gasteiger partial charge in [0.1, 0.15) is 6.04 Å². The predicted octanol–water partition coefficient (Wildman–Crippen LogP) is 1.66. The van der Waals surface area contributed by atoms with Gasteiger partial charge in [-0.3, -0.25) is 9.59 Å². The Morgan fingerprint density at radius 3 is 2.38 bits per heavy atom. The number of carbonyl (C=O) groups excluding carboxylic acids is 2. The molecule has 0 bridgehead atoms. The highest BCUT2D eigenvalue weighted by Gasteiger charge is 2.16. The van der Waals surface area contributed by atoms with Crippen molar-refractivity contribution in [2.45, 2.75) is 33.2 Å². The molecule has 0 radical (unpaired) electrons. The summed E-state index contributed by atoms with van der Waals surface area (Å²) >= 11 is 0. The molecule has 0 aromatic heterocycles. The van der Waals surface area contributed by atoms with Gasteiger partial charge in [0.15, 0.2) is 0 Å². The number of amides is 1. The zero-order valence-corrected chi connectivity index (χ0v) is 12.9. The average molecular weight is 292 g/mol. The zero-order chi connectivity index (χ0) is 15.7. The Hall–Kier alpha value is -1.88. The van der Waals surface area contributed by atoms with E-state index in [1.165, 1.54) is 0 Å². The van der Waals surface area contributed by atoms with Crippen LogP contribution in [0.1, 0.15) is 36.2 Å². The summed E-state index contributed by atoms with van der Waals surface area (Å²) in [5.41, 5.74) is 1.76. The number of rotatable bonds is 8. The fourth-order valence-electron chi connectivity index (χ4n) is 1.87. The van der Waals surface area contributed by atoms with Gasteiger partial charge < -0.3 is 15.4 Å². The van der Waals surface area contributed by atoms with Gasteiger partial charge in [0, 0.05) is 18.7 Å². The molecule has 1 atom stereocenters. The first-order chi connectivity index (χ1) is 10.1. The third-order valence-corrected chi connectivity index (χ3v) is 3.09. The molecule has 0 aliphatic carbocycles. The van der Waals surface area contributed by atoms with Crippen LogP contribution >= 0.6 is 0 Å². The zero-order valence-electron chi connectivity index (χ0n) is 12.9. The van der Waals surface area contributed by atoms with E-state index in [-0.39, 0.29) is 17.9 Å². The summed E-state index contributed by atoms with van der Waals surface area (Å²) in [4.78, 5) is 23.5. The first-order valence-electron chi connectivity index (χ1n) is 7.33. The number of aryl methyl sites for hydroxylation is 1. The molecule has 1 aromatic rings. The van der Waals surface area contributed by atoms with Crippen molar-refractivity contribution in [1.29, 1.82) is 0 Å². The summed E-state index contributed by atoms with van der Waals surface area (Å²) in [6, 6.07) is 7.08. The number of nitrogens with one attached hydrogen (secondary N) is 2. The van der Waals surface area contributed by atoms with Crippen molar-refractivity contribution in [3.63, 3.8) is 0 Å². The molecule has 0 saturated carbocycles. The number of hydrogen-bond donors (Lipinski definition) is 2. The average Bonchev–Trinajstić information content (AvgIpc) is 2.48. The van der Waals surface area contributed by atoms with Gasteiger partial charge in [-0.25, -0.2) is 0 Å². The molecule has 0 heterocycles.